The van der Waals surface area contributed by atoms with Crippen LogP contribution < -0.4 is 10.5 Å². The van der Waals surface area contributed by atoms with E-state index in [2.05, 4.69) is 23.9 Å². The number of methoxy groups -OCH3 is 1. The molecule has 0 radical (unpaired) electrons. The van der Waals surface area contributed by atoms with Crippen LogP contribution in [0.2, 0.25) is 0 Å². The maximum Gasteiger partial charge on any atom is 0.119 e. The molecule has 4 heteroatoms. The van der Waals surface area contributed by atoms with Gasteiger partial charge in [-0.05, 0) is 48.9 Å². The quantitative estimate of drug-likeness (QED) is 0.930. The van der Waals surface area contributed by atoms with Gasteiger partial charge in [-0.3, -0.25) is 0 Å². The van der Waals surface area contributed by atoms with E-state index in [0.29, 0.717) is 5.25 Å². The van der Waals surface area contributed by atoms with Gasteiger partial charge in [0.2, 0.25) is 0 Å². The Kier molecular flexibility index (Phi) is 4.54. The normalized spacial score (nSPS) is 27.1. The van der Waals surface area contributed by atoms with Crippen LogP contribution in [-0.2, 0) is 11.2 Å². The number of hydrogen-bond acceptors (Lipinski definition) is 4. The molecule has 3 nitrogen and oxygen atoms in total. The van der Waals surface area contributed by atoms with Gasteiger partial charge in [-0.15, -0.1) is 0 Å². The highest BCUT2D eigenvalue weighted by Crippen LogP contribution is 2.40. The third-order valence-electron chi connectivity index (χ3n) is 4.34. The molecule has 0 aromatic heterocycles. The van der Waals surface area contributed by atoms with Crippen molar-refractivity contribution in [1.82, 2.24) is 0 Å². The van der Waals surface area contributed by atoms with Gasteiger partial charge in [0.1, 0.15) is 5.75 Å². The lowest BCUT2D eigenvalue weighted by Crippen LogP contribution is -2.32. The van der Waals surface area contributed by atoms with Crippen LogP contribution in [0.4, 0.5) is 0 Å². The summed E-state index contributed by atoms with van der Waals surface area (Å²) in [5.41, 5.74) is 9.18. The van der Waals surface area contributed by atoms with E-state index in [0.717, 1.165) is 30.6 Å². The van der Waals surface area contributed by atoms with Crippen LogP contribution in [0.15, 0.2) is 18.2 Å². The molecule has 2 unspecified atom stereocenters. The Morgan fingerprint density at radius 3 is 2.80 bits per heavy atom. The summed E-state index contributed by atoms with van der Waals surface area (Å²) in [5, 5.41) is 1.26. The molecule has 1 heterocycles. The molecule has 0 amide bonds. The lowest BCUT2D eigenvalue weighted by Gasteiger charge is -2.34. The summed E-state index contributed by atoms with van der Waals surface area (Å²) >= 11 is 2.09. The Balaban J connectivity index is 1.70. The predicted octanol–water partition coefficient (Wildman–Crippen LogP) is 2.92. The highest BCUT2D eigenvalue weighted by molar-refractivity contribution is 8.00. The molecule has 1 aromatic carbocycles. The van der Waals surface area contributed by atoms with Crippen molar-refractivity contribution >= 4 is 11.8 Å². The van der Waals surface area contributed by atoms with Gasteiger partial charge in [-0.25, -0.2) is 0 Å². The topological polar surface area (TPSA) is 44.5 Å². The largest absolute Gasteiger partial charge is 0.497 e. The summed E-state index contributed by atoms with van der Waals surface area (Å²) in [7, 11) is 1.72. The van der Waals surface area contributed by atoms with E-state index in [-0.39, 0.29) is 6.04 Å². The summed E-state index contributed by atoms with van der Waals surface area (Å²) in [6, 6.07) is 6.47. The number of nitrogens with two attached hydrogens (primary N) is 1. The van der Waals surface area contributed by atoms with Crippen LogP contribution in [-0.4, -0.2) is 30.8 Å². The van der Waals surface area contributed by atoms with Crippen molar-refractivity contribution in [3.63, 3.8) is 0 Å². The molecule has 0 bridgehead atoms. The minimum absolute atomic E-state index is 0.150. The second-order valence-corrected chi connectivity index (χ2v) is 7.16. The lowest BCUT2D eigenvalue weighted by molar-refractivity contribution is 0.0999. The second kappa shape index (κ2) is 6.37. The molecule has 1 aromatic rings. The molecule has 2 N–H and O–H groups in total. The van der Waals surface area contributed by atoms with E-state index >= 15 is 0 Å². The van der Waals surface area contributed by atoms with E-state index in [1.807, 2.05) is 6.07 Å². The van der Waals surface area contributed by atoms with Crippen molar-refractivity contribution in [1.29, 1.82) is 0 Å². The van der Waals surface area contributed by atoms with E-state index in [4.69, 9.17) is 15.2 Å². The zero-order valence-corrected chi connectivity index (χ0v) is 12.8. The van der Waals surface area contributed by atoms with Crippen LogP contribution in [0, 0.1) is 0 Å². The van der Waals surface area contributed by atoms with Crippen LogP contribution in [0.5, 0.6) is 5.75 Å². The van der Waals surface area contributed by atoms with Crippen molar-refractivity contribution in [2.24, 2.45) is 5.73 Å². The standard InChI is InChI=1S/C16H23NO2S/c1-18-12-3-4-14-11(10-12)2-5-15(16(14)17)20-13-6-8-19-9-7-13/h3-4,10,13,15-16H,2,5-9,17H2,1H3. The first-order chi connectivity index (χ1) is 9.78. The zero-order valence-electron chi connectivity index (χ0n) is 12.0. The average Bonchev–Trinajstić information content (AvgIpc) is 2.51. The maximum absolute atomic E-state index is 6.51. The zero-order chi connectivity index (χ0) is 13.9. The number of rotatable bonds is 3. The Bertz CT molecular complexity index is 460. The lowest BCUT2D eigenvalue weighted by atomic mass is 9.87. The highest BCUT2D eigenvalue weighted by Gasteiger charge is 2.30. The van der Waals surface area contributed by atoms with Gasteiger partial charge in [-0.1, -0.05) is 6.07 Å². The third kappa shape index (κ3) is 2.97. The Labute approximate surface area is 125 Å². The molecule has 3 rings (SSSR count). The summed E-state index contributed by atoms with van der Waals surface area (Å²) in [6.45, 7) is 1.82. The molecular formula is C16H23NO2S. The monoisotopic (exact) mass is 293 g/mol. The maximum atomic E-state index is 6.51. The number of aryl methyl sites for hydroxylation is 1. The molecule has 0 saturated carbocycles. The summed E-state index contributed by atoms with van der Waals surface area (Å²) < 4.78 is 10.7. The molecular weight excluding hydrogens is 270 g/mol. The van der Waals surface area contributed by atoms with Crippen LogP contribution in [0.25, 0.3) is 0 Å². The first-order valence-electron chi connectivity index (χ1n) is 7.43. The molecule has 0 spiro atoms. The number of thioether (sulfide) groups is 1. The smallest absolute Gasteiger partial charge is 0.119 e. The minimum atomic E-state index is 0.150. The van der Waals surface area contributed by atoms with E-state index < -0.39 is 0 Å². The second-order valence-electron chi connectivity index (χ2n) is 5.62. The van der Waals surface area contributed by atoms with Crippen molar-refractivity contribution in [3.05, 3.63) is 29.3 Å². The van der Waals surface area contributed by atoms with Gasteiger partial charge in [0.25, 0.3) is 0 Å². The predicted molar refractivity (Wildman–Crippen MR) is 83.5 cm³/mol. The Morgan fingerprint density at radius 2 is 2.05 bits per heavy atom. The van der Waals surface area contributed by atoms with Gasteiger partial charge >= 0.3 is 0 Å². The number of ether oxygens (including phenoxy) is 2. The van der Waals surface area contributed by atoms with Crippen LogP contribution >= 0.6 is 11.8 Å². The molecule has 2 aliphatic rings. The first-order valence-corrected chi connectivity index (χ1v) is 8.38. The van der Waals surface area contributed by atoms with Crippen molar-refractivity contribution < 1.29 is 9.47 Å². The van der Waals surface area contributed by atoms with Gasteiger partial charge < -0.3 is 15.2 Å². The van der Waals surface area contributed by atoms with E-state index in [9.17, 15) is 0 Å². The Hall–Kier alpha value is -0.710. The van der Waals surface area contributed by atoms with E-state index in [1.165, 1.54) is 30.4 Å². The highest BCUT2D eigenvalue weighted by atomic mass is 32.2. The van der Waals surface area contributed by atoms with Gasteiger partial charge in [0.05, 0.1) is 7.11 Å². The average molecular weight is 293 g/mol. The third-order valence-corrected chi connectivity index (χ3v) is 6.08. The van der Waals surface area contributed by atoms with Crippen molar-refractivity contribution in [3.8, 4) is 5.75 Å². The summed E-state index contributed by atoms with van der Waals surface area (Å²) in [6.07, 6.45) is 4.62. The van der Waals surface area contributed by atoms with Crippen LogP contribution in [0.1, 0.15) is 36.4 Å². The first kappa shape index (κ1) is 14.2. The van der Waals surface area contributed by atoms with Crippen molar-refractivity contribution in [2.45, 2.75) is 42.2 Å². The van der Waals surface area contributed by atoms with Gasteiger partial charge in [0, 0.05) is 29.8 Å². The number of benzene rings is 1. The molecule has 2 atom stereocenters. The minimum Gasteiger partial charge on any atom is -0.497 e. The van der Waals surface area contributed by atoms with Crippen LogP contribution in [0.3, 0.4) is 0 Å². The molecule has 1 aliphatic carbocycles. The fourth-order valence-electron chi connectivity index (χ4n) is 3.14. The number of hydrogen-bond donors (Lipinski definition) is 1. The fraction of sp³-hybridized carbons (Fsp3) is 0.625. The molecule has 1 fully saturated rings. The van der Waals surface area contributed by atoms with Gasteiger partial charge in [-0.2, -0.15) is 11.8 Å². The van der Waals surface area contributed by atoms with Crippen molar-refractivity contribution in [2.75, 3.05) is 20.3 Å². The Morgan fingerprint density at radius 1 is 1.25 bits per heavy atom. The number of fused-ring (bicyclic) bond motifs is 1. The molecule has 1 aliphatic heterocycles. The molecule has 20 heavy (non-hydrogen) atoms. The molecule has 110 valence electrons. The molecule has 1 saturated heterocycles. The summed E-state index contributed by atoms with van der Waals surface area (Å²) in [5.74, 6) is 0.937. The van der Waals surface area contributed by atoms with Gasteiger partial charge in [0.15, 0.2) is 0 Å². The van der Waals surface area contributed by atoms with E-state index in [1.54, 1.807) is 7.11 Å². The SMILES string of the molecule is COc1ccc2c(c1)CCC(SC1CCOCC1)C2N. The summed E-state index contributed by atoms with van der Waals surface area (Å²) in [4.78, 5) is 0. The fourth-order valence-corrected chi connectivity index (χ4v) is 4.67.